The van der Waals surface area contributed by atoms with Gasteiger partial charge in [-0.2, -0.15) is 0 Å². The maximum absolute atomic E-state index is 7.16. The molecule has 0 saturated heterocycles. The summed E-state index contributed by atoms with van der Waals surface area (Å²) >= 11 is 0. The Hall–Kier alpha value is -6.78. The molecule has 4 heterocycles. The fraction of sp³-hybridized carbons (Fsp3) is 0.0588. The SMILES string of the molecule is Cc1cc(C)c(B2c3ccccc3-n3c4cc(-c5ccccc5)c5oc6ccccc6c5c4c4c5c(oc6ccccc65)c(-c5ccccc5)c2c43)c(C)c1. The lowest BCUT2D eigenvalue weighted by Gasteiger charge is -2.31. The van der Waals surface area contributed by atoms with Gasteiger partial charge < -0.3 is 13.4 Å². The Labute approximate surface area is 318 Å². The predicted molar refractivity (Wildman–Crippen MR) is 232 cm³/mol. The van der Waals surface area contributed by atoms with Gasteiger partial charge in [-0.15, -0.1) is 0 Å². The van der Waals surface area contributed by atoms with Crippen LogP contribution >= 0.6 is 0 Å². The molecule has 0 bridgehead atoms. The molecule has 258 valence electrons. The number of para-hydroxylation sites is 3. The molecular formula is C51H34BNO2. The minimum atomic E-state index is -0.0471. The molecule has 3 nitrogen and oxygen atoms in total. The predicted octanol–water partition coefficient (Wildman–Crippen LogP) is 11.7. The van der Waals surface area contributed by atoms with E-state index in [0.717, 1.165) is 71.6 Å². The number of hydrogen-bond donors (Lipinski definition) is 0. The first-order chi connectivity index (χ1) is 27.1. The monoisotopic (exact) mass is 703 g/mol. The Bertz CT molecular complexity index is 3380. The molecule has 12 rings (SSSR count). The van der Waals surface area contributed by atoms with Gasteiger partial charge in [-0.1, -0.05) is 150 Å². The van der Waals surface area contributed by atoms with Gasteiger partial charge in [0, 0.05) is 49.1 Å². The molecule has 11 aromatic rings. The summed E-state index contributed by atoms with van der Waals surface area (Å²) in [5.41, 5.74) is 19.5. The third-order valence-corrected chi connectivity index (χ3v) is 12.1. The fourth-order valence-corrected chi connectivity index (χ4v) is 10.2. The van der Waals surface area contributed by atoms with Crippen LogP contribution < -0.4 is 16.4 Å². The summed E-state index contributed by atoms with van der Waals surface area (Å²) < 4.78 is 16.7. The van der Waals surface area contributed by atoms with Crippen LogP contribution in [0.1, 0.15) is 16.7 Å². The van der Waals surface area contributed by atoms with Crippen LogP contribution in [0.3, 0.4) is 0 Å². The quantitative estimate of drug-likeness (QED) is 0.172. The topological polar surface area (TPSA) is 31.2 Å². The molecule has 0 amide bonds. The van der Waals surface area contributed by atoms with Crippen molar-refractivity contribution in [3.63, 3.8) is 0 Å². The standard InChI is InChI=1S/C51H34BNO2/c1-29-26-30(2)47(31(3)27-29)52-37-22-12-13-23-38(37)53-39-28-36(32-16-6-4-7-17-32)50-43(34-20-10-14-24-40(34)54-50)45(39)46-44-35-21-11-15-25-41(35)55-51(44)42(48(52)49(46)53)33-18-8-5-9-19-33/h4-28H,1-3H3. The highest BCUT2D eigenvalue weighted by atomic mass is 16.3. The second kappa shape index (κ2) is 11.1. The molecule has 4 heteroatoms. The summed E-state index contributed by atoms with van der Waals surface area (Å²) in [7, 11) is 0. The molecule has 3 aromatic heterocycles. The summed E-state index contributed by atoms with van der Waals surface area (Å²) in [5, 5.41) is 6.92. The van der Waals surface area contributed by atoms with Gasteiger partial charge in [0.1, 0.15) is 22.3 Å². The van der Waals surface area contributed by atoms with Crippen molar-refractivity contribution in [2.24, 2.45) is 0 Å². The first-order valence-electron chi connectivity index (χ1n) is 19.1. The smallest absolute Gasteiger partial charge is 0.248 e. The van der Waals surface area contributed by atoms with Crippen molar-refractivity contribution >= 4 is 88.8 Å². The second-order valence-electron chi connectivity index (χ2n) is 15.3. The van der Waals surface area contributed by atoms with Gasteiger partial charge >= 0.3 is 0 Å². The minimum absolute atomic E-state index is 0.0471. The summed E-state index contributed by atoms with van der Waals surface area (Å²) in [6.45, 7) is 6.73. The molecule has 0 spiro atoms. The number of benzene rings is 8. The Balaban J connectivity index is 1.44. The van der Waals surface area contributed by atoms with Crippen LogP contribution in [0, 0.1) is 20.8 Å². The van der Waals surface area contributed by atoms with Crippen LogP contribution in [0.2, 0.25) is 0 Å². The van der Waals surface area contributed by atoms with Crippen LogP contribution in [-0.4, -0.2) is 11.3 Å². The van der Waals surface area contributed by atoms with Gasteiger partial charge in [0.05, 0.1) is 11.0 Å². The third-order valence-electron chi connectivity index (χ3n) is 12.1. The zero-order valence-corrected chi connectivity index (χ0v) is 30.8. The molecule has 0 aliphatic carbocycles. The minimum Gasteiger partial charge on any atom is -0.455 e. The summed E-state index contributed by atoms with van der Waals surface area (Å²) in [5.74, 6) is 0. The van der Waals surface area contributed by atoms with Crippen LogP contribution in [-0.2, 0) is 0 Å². The number of fused-ring (bicyclic) bond motifs is 13. The van der Waals surface area contributed by atoms with Gasteiger partial charge in [0.25, 0.3) is 0 Å². The lowest BCUT2D eigenvalue weighted by atomic mass is 9.33. The molecular weight excluding hydrogens is 669 g/mol. The van der Waals surface area contributed by atoms with Crippen molar-refractivity contribution in [2.45, 2.75) is 20.8 Å². The number of furan rings is 2. The van der Waals surface area contributed by atoms with E-state index in [-0.39, 0.29) is 6.71 Å². The van der Waals surface area contributed by atoms with E-state index in [9.17, 15) is 0 Å². The highest BCUT2D eigenvalue weighted by Crippen LogP contribution is 2.50. The zero-order valence-electron chi connectivity index (χ0n) is 30.8. The summed E-state index contributed by atoms with van der Waals surface area (Å²) in [4.78, 5) is 0. The lowest BCUT2D eigenvalue weighted by molar-refractivity contribution is 0.670. The molecule has 1 aliphatic rings. The van der Waals surface area contributed by atoms with Crippen molar-refractivity contribution in [1.29, 1.82) is 0 Å². The molecule has 0 unspecified atom stereocenters. The molecule has 0 radical (unpaired) electrons. The number of nitrogens with zero attached hydrogens (tertiary/aromatic N) is 1. The van der Waals surface area contributed by atoms with E-state index < -0.39 is 0 Å². The summed E-state index contributed by atoms with van der Waals surface area (Å²) in [6.07, 6.45) is 0. The van der Waals surface area contributed by atoms with Gasteiger partial charge in [0.2, 0.25) is 6.71 Å². The van der Waals surface area contributed by atoms with Crippen LogP contribution in [0.5, 0.6) is 0 Å². The lowest BCUT2D eigenvalue weighted by Crippen LogP contribution is -2.58. The van der Waals surface area contributed by atoms with Gasteiger partial charge in [-0.25, -0.2) is 0 Å². The normalized spacial score (nSPS) is 12.6. The first-order valence-corrected chi connectivity index (χ1v) is 19.1. The van der Waals surface area contributed by atoms with E-state index in [2.05, 4.69) is 177 Å². The van der Waals surface area contributed by atoms with Crippen LogP contribution in [0.25, 0.3) is 93.6 Å². The highest BCUT2D eigenvalue weighted by Gasteiger charge is 2.40. The number of rotatable bonds is 3. The molecule has 0 fully saturated rings. The van der Waals surface area contributed by atoms with Gasteiger partial charge in [-0.05, 0) is 67.1 Å². The zero-order chi connectivity index (χ0) is 36.5. The van der Waals surface area contributed by atoms with Crippen molar-refractivity contribution in [3.8, 4) is 27.9 Å². The van der Waals surface area contributed by atoms with E-state index in [1.165, 1.54) is 55.1 Å². The number of aromatic nitrogens is 1. The van der Waals surface area contributed by atoms with Crippen LogP contribution in [0.15, 0.2) is 160 Å². The van der Waals surface area contributed by atoms with E-state index >= 15 is 0 Å². The molecule has 0 saturated carbocycles. The first kappa shape index (κ1) is 30.7. The number of aryl methyl sites for hydroxylation is 3. The van der Waals surface area contributed by atoms with Crippen LogP contribution in [0.4, 0.5) is 0 Å². The fourth-order valence-electron chi connectivity index (χ4n) is 10.2. The maximum Gasteiger partial charge on any atom is 0.248 e. The third kappa shape index (κ3) is 4.06. The number of hydrogen-bond acceptors (Lipinski definition) is 2. The highest BCUT2D eigenvalue weighted by molar-refractivity contribution is 6.99. The second-order valence-corrected chi connectivity index (χ2v) is 15.3. The van der Waals surface area contributed by atoms with E-state index in [4.69, 9.17) is 8.83 Å². The average molecular weight is 704 g/mol. The average Bonchev–Trinajstić information content (AvgIpc) is 3.89. The Morgan fingerprint density at radius 2 is 1.05 bits per heavy atom. The van der Waals surface area contributed by atoms with Crippen molar-refractivity contribution in [2.75, 3.05) is 0 Å². The summed E-state index contributed by atoms with van der Waals surface area (Å²) in [6, 6.07) is 54.8. The Kier molecular flexibility index (Phi) is 6.20. The van der Waals surface area contributed by atoms with Crippen molar-refractivity contribution in [1.82, 2.24) is 4.57 Å². The molecule has 0 atom stereocenters. The van der Waals surface area contributed by atoms with E-state index in [1.54, 1.807) is 0 Å². The molecule has 8 aromatic carbocycles. The Morgan fingerprint density at radius 3 is 1.75 bits per heavy atom. The van der Waals surface area contributed by atoms with Gasteiger partial charge in [0.15, 0.2) is 0 Å². The maximum atomic E-state index is 7.16. The van der Waals surface area contributed by atoms with Crippen molar-refractivity contribution < 1.29 is 8.83 Å². The molecule has 55 heavy (non-hydrogen) atoms. The van der Waals surface area contributed by atoms with Gasteiger partial charge in [-0.3, -0.25) is 0 Å². The van der Waals surface area contributed by atoms with E-state index in [0.29, 0.717) is 0 Å². The van der Waals surface area contributed by atoms with E-state index in [1.807, 2.05) is 0 Å². The Morgan fingerprint density at radius 1 is 0.491 bits per heavy atom. The van der Waals surface area contributed by atoms with Crippen molar-refractivity contribution in [3.05, 3.63) is 168 Å². The largest absolute Gasteiger partial charge is 0.455 e. The molecule has 1 aliphatic heterocycles. The molecule has 0 N–H and O–H groups in total.